The van der Waals surface area contributed by atoms with Crippen molar-refractivity contribution in [2.24, 2.45) is 5.41 Å². The van der Waals surface area contributed by atoms with Crippen molar-refractivity contribution in [3.05, 3.63) is 0 Å². The first-order chi connectivity index (χ1) is 6.96. The Morgan fingerprint density at radius 2 is 1.20 bits per heavy atom. The van der Waals surface area contributed by atoms with Gasteiger partial charge in [0.1, 0.15) is 11.2 Å². The van der Waals surface area contributed by atoms with Crippen molar-refractivity contribution in [2.45, 2.75) is 49.7 Å². The fraction of sp³-hybridized carbons (Fsp3) is 0.818. The molecule has 82 valence electrons. The molecule has 2 atom stereocenters. The van der Waals surface area contributed by atoms with Crippen LogP contribution in [0.25, 0.3) is 0 Å². The van der Waals surface area contributed by atoms with Crippen molar-refractivity contribution < 1.29 is 19.8 Å². The molecule has 0 aromatic rings. The van der Waals surface area contributed by atoms with Gasteiger partial charge >= 0.3 is 0 Å². The molecule has 3 rings (SSSR count). The lowest BCUT2D eigenvalue weighted by Gasteiger charge is -2.38. The van der Waals surface area contributed by atoms with E-state index in [1.807, 2.05) is 0 Å². The zero-order valence-electron chi connectivity index (χ0n) is 8.45. The molecule has 3 aliphatic rings. The van der Waals surface area contributed by atoms with Crippen LogP contribution in [-0.2, 0) is 9.59 Å². The summed E-state index contributed by atoms with van der Waals surface area (Å²) in [6.07, 6.45) is 2.01. The molecule has 0 amide bonds. The van der Waals surface area contributed by atoms with E-state index >= 15 is 0 Å². The fourth-order valence-corrected chi connectivity index (χ4v) is 4.01. The largest absolute Gasteiger partial charge is 0.381 e. The summed E-state index contributed by atoms with van der Waals surface area (Å²) in [4.78, 5) is 23.4. The van der Waals surface area contributed by atoms with Crippen molar-refractivity contribution in [3.8, 4) is 0 Å². The maximum atomic E-state index is 11.7. The van der Waals surface area contributed by atoms with Gasteiger partial charge in [0.15, 0.2) is 11.6 Å². The molecule has 4 heteroatoms. The number of ketones is 2. The summed E-state index contributed by atoms with van der Waals surface area (Å²) in [5.74, 6) is -0.374. The van der Waals surface area contributed by atoms with E-state index in [0.29, 0.717) is 25.7 Å². The first kappa shape index (κ1) is 9.48. The number of carbonyl (C=O) groups excluding carboxylic acids is 2. The lowest BCUT2D eigenvalue weighted by Crippen LogP contribution is -2.53. The Kier molecular flexibility index (Phi) is 1.47. The quantitative estimate of drug-likeness (QED) is 0.588. The molecule has 0 unspecified atom stereocenters. The van der Waals surface area contributed by atoms with E-state index in [-0.39, 0.29) is 24.4 Å². The first-order valence-corrected chi connectivity index (χ1v) is 5.48. The average molecular weight is 210 g/mol. The van der Waals surface area contributed by atoms with Crippen LogP contribution in [0.4, 0.5) is 0 Å². The molecule has 0 bridgehead atoms. The maximum absolute atomic E-state index is 11.7. The number of hydrogen-bond donors (Lipinski definition) is 2. The summed E-state index contributed by atoms with van der Waals surface area (Å²) >= 11 is 0. The number of hydrogen-bond acceptors (Lipinski definition) is 4. The molecular weight excluding hydrogens is 196 g/mol. The highest BCUT2D eigenvalue weighted by Crippen LogP contribution is 2.66. The van der Waals surface area contributed by atoms with E-state index in [9.17, 15) is 19.8 Å². The van der Waals surface area contributed by atoms with E-state index in [2.05, 4.69) is 0 Å². The standard InChI is InChI=1S/C11H14O4/c12-7-1-3-9-4-2-8(13)11(9,15)6-5-10(7,9)14/h14-15H,1-6H2/t9?,10-,11-/m1/s1. The van der Waals surface area contributed by atoms with Crippen molar-refractivity contribution in [1.29, 1.82) is 0 Å². The molecule has 1 spiro atoms. The second kappa shape index (κ2) is 2.33. The normalized spacial score (nSPS) is 53.5. The SMILES string of the molecule is O=C1CCC23CCC(=O)[C@]2(O)CC[C@@]13O. The molecule has 0 aromatic heterocycles. The summed E-state index contributed by atoms with van der Waals surface area (Å²) in [7, 11) is 0. The van der Waals surface area contributed by atoms with Crippen LogP contribution in [0.5, 0.6) is 0 Å². The summed E-state index contributed by atoms with van der Waals surface area (Å²) in [6.45, 7) is 0. The summed E-state index contributed by atoms with van der Waals surface area (Å²) in [5, 5.41) is 20.8. The van der Waals surface area contributed by atoms with Gasteiger partial charge < -0.3 is 10.2 Å². The molecule has 3 fully saturated rings. The zero-order valence-corrected chi connectivity index (χ0v) is 8.45. The molecule has 2 N–H and O–H groups in total. The molecule has 0 aromatic carbocycles. The summed E-state index contributed by atoms with van der Waals surface area (Å²) in [5.41, 5.74) is -3.70. The van der Waals surface area contributed by atoms with E-state index in [1.165, 1.54) is 0 Å². The van der Waals surface area contributed by atoms with Crippen LogP contribution >= 0.6 is 0 Å². The van der Waals surface area contributed by atoms with E-state index < -0.39 is 16.6 Å². The molecule has 0 saturated heterocycles. The van der Waals surface area contributed by atoms with Crippen molar-refractivity contribution in [1.82, 2.24) is 0 Å². The Bertz CT molecular complexity index is 339. The van der Waals surface area contributed by atoms with Gasteiger partial charge in [0.2, 0.25) is 0 Å². The lowest BCUT2D eigenvalue weighted by atomic mass is 9.70. The predicted molar refractivity (Wildman–Crippen MR) is 50.0 cm³/mol. The van der Waals surface area contributed by atoms with Crippen LogP contribution in [0, 0.1) is 5.41 Å². The Morgan fingerprint density at radius 3 is 1.60 bits per heavy atom. The third-order valence-electron chi connectivity index (χ3n) is 4.91. The smallest absolute Gasteiger partial charge is 0.165 e. The van der Waals surface area contributed by atoms with Gasteiger partial charge in [-0.2, -0.15) is 0 Å². The minimum atomic E-state index is -1.42. The first-order valence-electron chi connectivity index (χ1n) is 5.48. The minimum Gasteiger partial charge on any atom is -0.381 e. The van der Waals surface area contributed by atoms with Gasteiger partial charge in [-0.15, -0.1) is 0 Å². The molecule has 4 nitrogen and oxygen atoms in total. The van der Waals surface area contributed by atoms with Crippen LogP contribution in [-0.4, -0.2) is 33.0 Å². The van der Waals surface area contributed by atoms with Crippen LogP contribution in [0.1, 0.15) is 38.5 Å². The highest BCUT2D eigenvalue weighted by atomic mass is 16.3. The van der Waals surface area contributed by atoms with Gasteiger partial charge in [0, 0.05) is 18.3 Å². The fourth-order valence-electron chi connectivity index (χ4n) is 4.01. The molecule has 0 aliphatic heterocycles. The van der Waals surface area contributed by atoms with Crippen molar-refractivity contribution in [3.63, 3.8) is 0 Å². The van der Waals surface area contributed by atoms with E-state index in [4.69, 9.17) is 0 Å². The highest BCUT2D eigenvalue weighted by molar-refractivity contribution is 5.99. The molecule has 0 radical (unpaired) electrons. The van der Waals surface area contributed by atoms with Gasteiger partial charge in [-0.05, 0) is 25.7 Å². The highest BCUT2D eigenvalue weighted by Gasteiger charge is 2.76. The third kappa shape index (κ3) is 0.722. The van der Waals surface area contributed by atoms with E-state index in [0.717, 1.165) is 0 Å². The van der Waals surface area contributed by atoms with Gasteiger partial charge in [-0.25, -0.2) is 0 Å². The monoisotopic (exact) mass is 210 g/mol. The number of Topliss-reactive ketones (excluding diaryl/α,β-unsaturated/α-hetero) is 2. The predicted octanol–water partition coefficient (Wildman–Crippen LogP) is -0.0454. The summed E-state index contributed by atoms with van der Waals surface area (Å²) < 4.78 is 0. The van der Waals surface area contributed by atoms with Gasteiger partial charge in [0.05, 0.1) is 0 Å². The average Bonchev–Trinajstić information content (AvgIpc) is 2.69. The molecule has 15 heavy (non-hydrogen) atoms. The van der Waals surface area contributed by atoms with Gasteiger partial charge in [-0.3, -0.25) is 9.59 Å². The Hall–Kier alpha value is -0.740. The van der Waals surface area contributed by atoms with E-state index in [1.54, 1.807) is 0 Å². The Labute approximate surface area is 87.3 Å². The Morgan fingerprint density at radius 1 is 0.800 bits per heavy atom. The second-order valence-electron chi connectivity index (χ2n) is 5.15. The molecule has 3 aliphatic carbocycles. The molecule has 3 saturated carbocycles. The maximum Gasteiger partial charge on any atom is 0.165 e. The minimum absolute atomic E-state index is 0.187. The Balaban J connectivity index is 2.20. The topological polar surface area (TPSA) is 74.6 Å². The second-order valence-corrected chi connectivity index (χ2v) is 5.15. The van der Waals surface area contributed by atoms with Gasteiger partial charge in [0.25, 0.3) is 0 Å². The molecule has 0 heterocycles. The lowest BCUT2D eigenvalue weighted by molar-refractivity contribution is -0.157. The van der Waals surface area contributed by atoms with Gasteiger partial charge in [-0.1, -0.05) is 0 Å². The van der Waals surface area contributed by atoms with Crippen LogP contribution in [0.2, 0.25) is 0 Å². The van der Waals surface area contributed by atoms with Crippen LogP contribution < -0.4 is 0 Å². The summed E-state index contributed by atoms with van der Waals surface area (Å²) in [6, 6.07) is 0. The third-order valence-corrected chi connectivity index (χ3v) is 4.91. The van der Waals surface area contributed by atoms with Crippen molar-refractivity contribution in [2.75, 3.05) is 0 Å². The molecular formula is C11H14O4. The van der Waals surface area contributed by atoms with Crippen molar-refractivity contribution >= 4 is 11.6 Å². The zero-order chi connectivity index (χ0) is 10.9. The van der Waals surface area contributed by atoms with Crippen LogP contribution in [0.15, 0.2) is 0 Å². The number of carbonyl (C=O) groups is 2. The number of rotatable bonds is 0. The van der Waals surface area contributed by atoms with Crippen LogP contribution in [0.3, 0.4) is 0 Å². The number of aliphatic hydroxyl groups is 2.